The summed E-state index contributed by atoms with van der Waals surface area (Å²) in [5.41, 5.74) is 0.637. The quantitative estimate of drug-likeness (QED) is 0.837. The van der Waals surface area contributed by atoms with Crippen molar-refractivity contribution < 1.29 is 9.90 Å². The Kier molecular flexibility index (Phi) is 4.08. The highest BCUT2D eigenvalue weighted by molar-refractivity contribution is 7.13. The molecule has 5 heteroatoms. The molecule has 0 aliphatic carbocycles. The summed E-state index contributed by atoms with van der Waals surface area (Å²) in [5, 5.41) is 11.3. The highest BCUT2D eigenvalue weighted by atomic mass is 32.1. The van der Waals surface area contributed by atoms with Gasteiger partial charge < -0.3 is 10.0 Å². The molecule has 1 aromatic rings. The van der Waals surface area contributed by atoms with E-state index in [-0.39, 0.29) is 6.42 Å². The molecular formula is C10H16N2O2S. The average Bonchev–Trinajstić information content (AvgIpc) is 2.63. The van der Waals surface area contributed by atoms with Gasteiger partial charge in [-0.3, -0.25) is 4.79 Å². The summed E-state index contributed by atoms with van der Waals surface area (Å²) < 4.78 is 0. The van der Waals surface area contributed by atoms with Gasteiger partial charge in [0.25, 0.3) is 0 Å². The summed E-state index contributed by atoms with van der Waals surface area (Å²) in [5.74, 6) is -0.835. The Balaban J connectivity index is 2.70. The predicted octanol–water partition coefficient (Wildman–Crippen LogP) is 2.00. The zero-order valence-electron chi connectivity index (χ0n) is 9.23. The second-order valence-corrected chi connectivity index (χ2v) is 4.40. The van der Waals surface area contributed by atoms with E-state index in [4.69, 9.17) is 5.11 Å². The first-order chi connectivity index (χ1) is 7.04. The first-order valence-corrected chi connectivity index (χ1v) is 5.81. The van der Waals surface area contributed by atoms with Crippen LogP contribution in [0.5, 0.6) is 0 Å². The molecule has 0 saturated carbocycles. The van der Waals surface area contributed by atoms with Crippen molar-refractivity contribution >= 4 is 22.4 Å². The van der Waals surface area contributed by atoms with Gasteiger partial charge in [-0.05, 0) is 13.3 Å². The van der Waals surface area contributed by atoms with Gasteiger partial charge in [0, 0.05) is 18.5 Å². The van der Waals surface area contributed by atoms with Crippen LogP contribution in [0.2, 0.25) is 0 Å². The average molecular weight is 228 g/mol. The van der Waals surface area contributed by atoms with E-state index >= 15 is 0 Å². The highest BCUT2D eigenvalue weighted by Crippen LogP contribution is 2.22. The minimum atomic E-state index is -0.835. The number of carbonyl (C=O) groups is 1. The number of anilines is 1. The lowest BCUT2D eigenvalue weighted by Gasteiger charge is -2.22. The normalized spacial score (nSPS) is 12.5. The van der Waals surface area contributed by atoms with Crippen molar-refractivity contribution in [2.45, 2.75) is 32.7 Å². The smallest absolute Gasteiger partial charge is 0.309 e. The van der Waals surface area contributed by atoms with Crippen molar-refractivity contribution in [3.05, 3.63) is 11.1 Å². The molecule has 1 atom stereocenters. The summed E-state index contributed by atoms with van der Waals surface area (Å²) >= 11 is 1.49. The minimum absolute atomic E-state index is 0.00481. The van der Waals surface area contributed by atoms with Gasteiger partial charge in [0.1, 0.15) is 0 Å². The maximum Gasteiger partial charge on any atom is 0.309 e. The molecule has 0 aliphatic heterocycles. The second kappa shape index (κ2) is 5.11. The van der Waals surface area contributed by atoms with E-state index in [0.29, 0.717) is 11.7 Å². The van der Waals surface area contributed by atoms with Gasteiger partial charge >= 0.3 is 5.97 Å². The van der Waals surface area contributed by atoms with Gasteiger partial charge in [0.2, 0.25) is 0 Å². The van der Waals surface area contributed by atoms with E-state index in [2.05, 4.69) is 23.7 Å². The van der Waals surface area contributed by atoms with Gasteiger partial charge in [-0.25, -0.2) is 4.98 Å². The van der Waals surface area contributed by atoms with Crippen LogP contribution in [-0.4, -0.2) is 29.1 Å². The van der Waals surface area contributed by atoms with Crippen LogP contribution in [0, 0.1) is 0 Å². The minimum Gasteiger partial charge on any atom is -0.481 e. The van der Waals surface area contributed by atoms with E-state index < -0.39 is 5.97 Å². The third-order valence-electron chi connectivity index (χ3n) is 2.43. The van der Waals surface area contributed by atoms with Gasteiger partial charge in [-0.2, -0.15) is 0 Å². The van der Waals surface area contributed by atoms with Crippen molar-refractivity contribution in [1.29, 1.82) is 0 Å². The molecule has 0 spiro atoms. The number of thiazole rings is 1. The first-order valence-electron chi connectivity index (χ1n) is 4.93. The Bertz CT molecular complexity index is 338. The topological polar surface area (TPSA) is 53.4 Å². The molecule has 0 aliphatic rings. The Morgan fingerprint density at radius 2 is 2.40 bits per heavy atom. The number of aliphatic carboxylic acids is 1. The van der Waals surface area contributed by atoms with E-state index in [1.54, 1.807) is 0 Å². The molecule has 4 nitrogen and oxygen atoms in total. The molecule has 0 amide bonds. The fraction of sp³-hybridized carbons (Fsp3) is 0.600. The van der Waals surface area contributed by atoms with Crippen molar-refractivity contribution in [1.82, 2.24) is 4.98 Å². The lowest BCUT2D eigenvalue weighted by molar-refractivity contribution is -0.136. The molecule has 0 saturated heterocycles. The van der Waals surface area contributed by atoms with E-state index in [1.807, 2.05) is 12.4 Å². The first kappa shape index (κ1) is 12.0. The lowest BCUT2D eigenvalue weighted by atomic mass is 10.2. The fourth-order valence-electron chi connectivity index (χ4n) is 1.16. The van der Waals surface area contributed by atoms with Crippen LogP contribution in [0.15, 0.2) is 5.38 Å². The SMILES string of the molecule is CCC(C)N(C)c1nc(CC(=O)O)cs1. The third kappa shape index (κ3) is 3.20. The fourth-order valence-corrected chi connectivity index (χ4v) is 2.05. The van der Waals surface area contributed by atoms with Crippen LogP contribution in [0.3, 0.4) is 0 Å². The Labute approximate surface area is 93.6 Å². The van der Waals surface area contributed by atoms with Crippen LogP contribution in [0.25, 0.3) is 0 Å². The van der Waals surface area contributed by atoms with Crippen LogP contribution in [-0.2, 0) is 11.2 Å². The maximum atomic E-state index is 10.5. The largest absolute Gasteiger partial charge is 0.481 e. The molecular weight excluding hydrogens is 212 g/mol. The molecule has 1 rings (SSSR count). The summed E-state index contributed by atoms with van der Waals surface area (Å²) in [6, 6.07) is 0.425. The summed E-state index contributed by atoms with van der Waals surface area (Å²) in [4.78, 5) is 16.9. The van der Waals surface area contributed by atoms with E-state index in [1.165, 1.54) is 11.3 Å². The lowest BCUT2D eigenvalue weighted by Crippen LogP contribution is -2.27. The zero-order valence-corrected chi connectivity index (χ0v) is 10.0. The second-order valence-electron chi connectivity index (χ2n) is 3.56. The molecule has 0 aromatic carbocycles. The third-order valence-corrected chi connectivity index (χ3v) is 3.41. The number of carboxylic acid groups (broad SMARTS) is 1. The standard InChI is InChI=1S/C10H16N2O2S/c1-4-7(2)12(3)10-11-8(6-15-10)5-9(13)14/h6-7H,4-5H2,1-3H3,(H,13,14). The van der Waals surface area contributed by atoms with Crippen LogP contribution < -0.4 is 4.90 Å². The number of rotatable bonds is 5. The number of carboxylic acids is 1. The van der Waals surface area contributed by atoms with Crippen LogP contribution in [0.1, 0.15) is 26.0 Å². The molecule has 0 radical (unpaired) electrons. The number of hydrogen-bond acceptors (Lipinski definition) is 4. The zero-order chi connectivity index (χ0) is 11.4. The number of hydrogen-bond donors (Lipinski definition) is 1. The number of aromatic nitrogens is 1. The van der Waals surface area contributed by atoms with Crippen molar-refractivity contribution in [2.24, 2.45) is 0 Å². The molecule has 0 fully saturated rings. The predicted molar refractivity (Wildman–Crippen MR) is 61.6 cm³/mol. The Hall–Kier alpha value is -1.10. The van der Waals surface area contributed by atoms with Crippen molar-refractivity contribution in [3.8, 4) is 0 Å². The van der Waals surface area contributed by atoms with Crippen LogP contribution >= 0.6 is 11.3 Å². The highest BCUT2D eigenvalue weighted by Gasteiger charge is 2.12. The van der Waals surface area contributed by atoms with Gasteiger partial charge in [-0.15, -0.1) is 11.3 Å². The van der Waals surface area contributed by atoms with Gasteiger partial charge in [0.15, 0.2) is 5.13 Å². The molecule has 1 N–H and O–H groups in total. The van der Waals surface area contributed by atoms with Crippen LogP contribution in [0.4, 0.5) is 5.13 Å². The van der Waals surface area contributed by atoms with E-state index in [0.717, 1.165) is 11.6 Å². The Morgan fingerprint density at radius 1 is 1.73 bits per heavy atom. The number of nitrogens with zero attached hydrogens (tertiary/aromatic N) is 2. The molecule has 1 heterocycles. The monoisotopic (exact) mass is 228 g/mol. The molecule has 1 unspecified atom stereocenters. The molecule has 15 heavy (non-hydrogen) atoms. The van der Waals surface area contributed by atoms with Crippen molar-refractivity contribution in [2.75, 3.05) is 11.9 Å². The molecule has 0 bridgehead atoms. The van der Waals surface area contributed by atoms with Crippen molar-refractivity contribution in [3.63, 3.8) is 0 Å². The Morgan fingerprint density at radius 3 is 2.93 bits per heavy atom. The summed E-state index contributed by atoms with van der Waals surface area (Å²) in [7, 11) is 1.98. The maximum absolute atomic E-state index is 10.5. The molecule has 1 aromatic heterocycles. The summed E-state index contributed by atoms with van der Waals surface area (Å²) in [6.45, 7) is 4.24. The summed E-state index contributed by atoms with van der Waals surface area (Å²) in [6.07, 6.45) is 1.05. The van der Waals surface area contributed by atoms with E-state index in [9.17, 15) is 4.79 Å². The van der Waals surface area contributed by atoms with Gasteiger partial charge in [0.05, 0.1) is 12.1 Å². The van der Waals surface area contributed by atoms with Gasteiger partial charge in [-0.1, -0.05) is 6.92 Å². The molecule has 84 valence electrons.